The summed E-state index contributed by atoms with van der Waals surface area (Å²) < 4.78 is 27.5. The molecule has 1 N–H and O–H groups in total. The first-order valence-electron chi connectivity index (χ1n) is 8.31. The SMILES string of the molecule is CC1CCCN(C(C)CNS(=O)(=O)c2ccc(CCCl)cc2)C1. The number of nitrogens with zero attached hydrogens (tertiary/aromatic N) is 1. The summed E-state index contributed by atoms with van der Waals surface area (Å²) in [4.78, 5) is 2.69. The third-order valence-corrected chi connectivity index (χ3v) is 6.13. The first-order valence-corrected chi connectivity index (χ1v) is 10.3. The minimum Gasteiger partial charge on any atom is -0.299 e. The van der Waals surface area contributed by atoms with Crippen molar-refractivity contribution in [2.24, 2.45) is 5.92 Å². The number of hydrogen-bond donors (Lipinski definition) is 1. The Morgan fingerprint density at radius 1 is 1.35 bits per heavy atom. The lowest BCUT2D eigenvalue weighted by atomic mass is 9.99. The van der Waals surface area contributed by atoms with E-state index in [1.54, 1.807) is 12.1 Å². The van der Waals surface area contributed by atoms with Crippen LogP contribution in [0.5, 0.6) is 0 Å². The van der Waals surface area contributed by atoms with E-state index in [1.807, 2.05) is 12.1 Å². The number of likely N-dealkylation sites (tertiary alicyclic amines) is 1. The van der Waals surface area contributed by atoms with Crippen LogP contribution in [0.4, 0.5) is 0 Å². The molecule has 23 heavy (non-hydrogen) atoms. The van der Waals surface area contributed by atoms with Gasteiger partial charge in [0, 0.05) is 25.0 Å². The molecule has 1 heterocycles. The summed E-state index contributed by atoms with van der Waals surface area (Å²) >= 11 is 5.70. The maximum atomic E-state index is 12.4. The second-order valence-electron chi connectivity index (χ2n) is 6.53. The zero-order valence-electron chi connectivity index (χ0n) is 14.0. The molecule has 4 nitrogen and oxygen atoms in total. The largest absolute Gasteiger partial charge is 0.299 e. The molecule has 1 fully saturated rings. The van der Waals surface area contributed by atoms with Crippen LogP contribution in [0.3, 0.4) is 0 Å². The van der Waals surface area contributed by atoms with Crippen LogP contribution in [0.2, 0.25) is 0 Å². The van der Waals surface area contributed by atoms with Gasteiger partial charge in [0.1, 0.15) is 0 Å². The summed E-state index contributed by atoms with van der Waals surface area (Å²) in [5.41, 5.74) is 1.05. The Hall–Kier alpha value is -0.620. The number of halogens is 1. The number of sulfonamides is 1. The Bertz CT molecular complexity index is 589. The average Bonchev–Trinajstić information content (AvgIpc) is 2.53. The lowest BCUT2D eigenvalue weighted by Crippen LogP contribution is -2.46. The predicted octanol–water partition coefficient (Wildman–Crippen LogP) is 2.87. The molecule has 0 amide bonds. The van der Waals surface area contributed by atoms with Crippen LogP contribution in [-0.4, -0.2) is 44.9 Å². The fourth-order valence-corrected chi connectivity index (χ4v) is 4.35. The van der Waals surface area contributed by atoms with Gasteiger partial charge in [0.2, 0.25) is 10.0 Å². The summed E-state index contributed by atoms with van der Waals surface area (Å²) in [7, 11) is -3.45. The van der Waals surface area contributed by atoms with Crippen molar-refractivity contribution >= 4 is 21.6 Å². The molecule has 130 valence electrons. The molecule has 2 rings (SSSR count). The standard InChI is InChI=1S/C17H27ClN2O2S/c1-14-4-3-11-20(13-14)15(2)12-19-23(21,22)17-7-5-16(6-8-17)9-10-18/h5-8,14-15,19H,3-4,9-13H2,1-2H3. The Kier molecular flexibility index (Phi) is 6.89. The third-order valence-electron chi connectivity index (χ3n) is 4.50. The van der Waals surface area contributed by atoms with Crippen molar-refractivity contribution in [3.63, 3.8) is 0 Å². The van der Waals surface area contributed by atoms with Crippen LogP contribution in [0.1, 0.15) is 32.3 Å². The van der Waals surface area contributed by atoms with Gasteiger partial charge in [0.15, 0.2) is 0 Å². The Balaban J connectivity index is 1.92. The van der Waals surface area contributed by atoms with E-state index < -0.39 is 10.0 Å². The second-order valence-corrected chi connectivity index (χ2v) is 8.67. The fourth-order valence-electron chi connectivity index (χ4n) is 3.01. The van der Waals surface area contributed by atoms with Crippen molar-refractivity contribution < 1.29 is 8.42 Å². The van der Waals surface area contributed by atoms with Crippen molar-refractivity contribution in [2.45, 2.75) is 44.0 Å². The fraction of sp³-hybridized carbons (Fsp3) is 0.647. The topological polar surface area (TPSA) is 49.4 Å². The molecule has 0 aliphatic carbocycles. The summed E-state index contributed by atoms with van der Waals surface area (Å²) in [6.45, 7) is 6.89. The van der Waals surface area contributed by atoms with Gasteiger partial charge in [-0.05, 0) is 56.3 Å². The highest BCUT2D eigenvalue weighted by atomic mass is 35.5. The van der Waals surface area contributed by atoms with Crippen molar-refractivity contribution in [3.8, 4) is 0 Å². The van der Waals surface area contributed by atoms with Crippen LogP contribution in [0, 0.1) is 5.92 Å². The van der Waals surface area contributed by atoms with E-state index in [0.29, 0.717) is 23.2 Å². The number of benzene rings is 1. The number of alkyl halides is 1. The quantitative estimate of drug-likeness (QED) is 0.762. The van der Waals surface area contributed by atoms with Gasteiger partial charge in [0.25, 0.3) is 0 Å². The summed E-state index contributed by atoms with van der Waals surface area (Å²) in [6, 6.07) is 7.16. The molecule has 0 saturated carbocycles. The van der Waals surface area contributed by atoms with Gasteiger partial charge in [-0.3, -0.25) is 4.90 Å². The van der Waals surface area contributed by atoms with Gasteiger partial charge < -0.3 is 0 Å². The highest BCUT2D eigenvalue weighted by Crippen LogP contribution is 2.18. The van der Waals surface area contributed by atoms with Crippen LogP contribution in [-0.2, 0) is 16.4 Å². The highest BCUT2D eigenvalue weighted by molar-refractivity contribution is 7.89. The van der Waals surface area contributed by atoms with Crippen LogP contribution in [0.25, 0.3) is 0 Å². The first-order chi connectivity index (χ1) is 10.9. The summed E-state index contributed by atoms with van der Waals surface area (Å²) in [5, 5.41) is 0. The molecule has 2 unspecified atom stereocenters. The molecule has 1 saturated heterocycles. The monoisotopic (exact) mass is 358 g/mol. The predicted molar refractivity (Wildman–Crippen MR) is 95.5 cm³/mol. The van der Waals surface area contributed by atoms with Gasteiger partial charge in [0.05, 0.1) is 4.90 Å². The van der Waals surface area contributed by atoms with E-state index in [4.69, 9.17) is 11.6 Å². The van der Waals surface area contributed by atoms with E-state index in [0.717, 1.165) is 25.1 Å². The normalized spacial score (nSPS) is 21.3. The molecule has 1 aliphatic rings. The number of piperidine rings is 1. The third kappa shape index (κ3) is 5.45. The van der Waals surface area contributed by atoms with E-state index in [2.05, 4.69) is 23.5 Å². The molecule has 6 heteroatoms. The number of hydrogen-bond acceptors (Lipinski definition) is 3. The zero-order chi connectivity index (χ0) is 16.9. The van der Waals surface area contributed by atoms with Gasteiger partial charge in [-0.15, -0.1) is 11.6 Å². The van der Waals surface area contributed by atoms with E-state index in [9.17, 15) is 8.42 Å². The average molecular weight is 359 g/mol. The second kappa shape index (κ2) is 8.47. The molecule has 0 radical (unpaired) electrons. The lowest BCUT2D eigenvalue weighted by molar-refractivity contribution is 0.140. The first kappa shape index (κ1) is 18.7. The number of aryl methyl sites for hydroxylation is 1. The van der Waals surface area contributed by atoms with E-state index >= 15 is 0 Å². The molecule has 1 aromatic carbocycles. The highest BCUT2D eigenvalue weighted by Gasteiger charge is 2.22. The van der Waals surface area contributed by atoms with Crippen LogP contribution < -0.4 is 4.72 Å². The van der Waals surface area contributed by atoms with Gasteiger partial charge in [-0.1, -0.05) is 19.1 Å². The lowest BCUT2D eigenvalue weighted by Gasteiger charge is -2.35. The molecule has 0 aromatic heterocycles. The van der Waals surface area contributed by atoms with Crippen molar-refractivity contribution in [1.82, 2.24) is 9.62 Å². The van der Waals surface area contributed by atoms with Gasteiger partial charge >= 0.3 is 0 Å². The number of nitrogens with one attached hydrogen (secondary N) is 1. The Morgan fingerprint density at radius 2 is 2.04 bits per heavy atom. The zero-order valence-corrected chi connectivity index (χ0v) is 15.5. The Labute approximate surface area is 145 Å². The molecular formula is C17H27ClN2O2S. The van der Waals surface area contributed by atoms with Crippen molar-refractivity contribution in [3.05, 3.63) is 29.8 Å². The molecular weight excluding hydrogens is 332 g/mol. The molecule has 2 atom stereocenters. The van der Waals surface area contributed by atoms with E-state index in [1.165, 1.54) is 12.8 Å². The maximum Gasteiger partial charge on any atom is 0.240 e. The maximum absolute atomic E-state index is 12.4. The minimum absolute atomic E-state index is 0.211. The molecule has 0 bridgehead atoms. The molecule has 1 aliphatic heterocycles. The smallest absolute Gasteiger partial charge is 0.240 e. The van der Waals surface area contributed by atoms with Crippen molar-refractivity contribution in [2.75, 3.05) is 25.5 Å². The minimum atomic E-state index is -3.45. The number of rotatable bonds is 7. The van der Waals surface area contributed by atoms with Crippen LogP contribution >= 0.6 is 11.6 Å². The van der Waals surface area contributed by atoms with Gasteiger partial charge in [-0.2, -0.15) is 0 Å². The summed E-state index contributed by atoms with van der Waals surface area (Å²) in [5.74, 6) is 1.23. The Morgan fingerprint density at radius 3 is 2.65 bits per heavy atom. The molecule has 1 aromatic rings. The van der Waals surface area contributed by atoms with Gasteiger partial charge in [-0.25, -0.2) is 13.1 Å². The van der Waals surface area contributed by atoms with Crippen molar-refractivity contribution in [1.29, 1.82) is 0 Å². The summed E-state index contributed by atoms with van der Waals surface area (Å²) in [6.07, 6.45) is 3.21. The van der Waals surface area contributed by atoms with Crippen LogP contribution in [0.15, 0.2) is 29.2 Å². The van der Waals surface area contributed by atoms with E-state index in [-0.39, 0.29) is 6.04 Å². The molecule has 0 spiro atoms.